The zero-order valence-electron chi connectivity index (χ0n) is 11.8. The van der Waals surface area contributed by atoms with Crippen molar-refractivity contribution in [2.45, 2.75) is 26.7 Å². The van der Waals surface area contributed by atoms with Crippen molar-refractivity contribution in [2.24, 2.45) is 5.92 Å². The van der Waals surface area contributed by atoms with Gasteiger partial charge >= 0.3 is 0 Å². The number of aromatic nitrogens is 3. The fourth-order valence-electron chi connectivity index (χ4n) is 1.77. The van der Waals surface area contributed by atoms with Gasteiger partial charge in [-0.05, 0) is 31.5 Å². The molecule has 0 unspecified atom stereocenters. The molecule has 2 heterocycles. The van der Waals surface area contributed by atoms with Crippen molar-refractivity contribution >= 4 is 11.3 Å². The Bertz CT molecular complexity index is 541. The van der Waals surface area contributed by atoms with E-state index in [1.54, 1.807) is 12.3 Å². The molecule has 20 heavy (non-hydrogen) atoms. The first kappa shape index (κ1) is 15.0. The number of halogens is 1. The molecular formula is C14H19FN4S. The first-order chi connectivity index (χ1) is 9.66. The van der Waals surface area contributed by atoms with Crippen LogP contribution >= 0.6 is 11.3 Å². The van der Waals surface area contributed by atoms with Crippen LogP contribution < -0.4 is 5.32 Å². The third-order valence-electron chi connectivity index (χ3n) is 2.77. The number of nitrogens with zero attached hydrogens (tertiary/aromatic N) is 3. The Hall–Kier alpha value is -1.40. The minimum Gasteiger partial charge on any atom is -0.316 e. The molecular weight excluding hydrogens is 275 g/mol. The number of rotatable bonds is 7. The Balaban J connectivity index is 1.85. The molecule has 0 aliphatic heterocycles. The van der Waals surface area contributed by atoms with Gasteiger partial charge in [-0.2, -0.15) is 0 Å². The van der Waals surface area contributed by atoms with Crippen molar-refractivity contribution in [2.75, 3.05) is 13.1 Å². The average molecular weight is 294 g/mol. The van der Waals surface area contributed by atoms with Crippen LogP contribution in [-0.4, -0.2) is 28.3 Å². The Kier molecular flexibility index (Phi) is 5.55. The number of aryl methyl sites for hydroxylation is 1. The molecule has 0 aromatic carbocycles. The van der Waals surface area contributed by atoms with Crippen LogP contribution in [0.5, 0.6) is 0 Å². The van der Waals surface area contributed by atoms with Gasteiger partial charge in [0.25, 0.3) is 0 Å². The average Bonchev–Trinajstić information content (AvgIpc) is 2.87. The highest BCUT2D eigenvalue weighted by Gasteiger charge is 2.10. The number of hydrogen-bond donors (Lipinski definition) is 1. The molecule has 0 bridgehead atoms. The Morgan fingerprint density at radius 2 is 2.20 bits per heavy atom. The van der Waals surface area contributed by atoms with E-state index in [-0.39, 0.29) is 5.82 Å². The zero-order chi connectivity index (χ0) is 14.4. The SMILES string of the molecule is CC(C)CNCCCc1nnc(-c2ccncc2F)s1. The second-order valence-electron chi connectivity index (χ2n) is 5.06. The molecule has 2 aromatic heterocycles. The summed E-state index contributed by atoms with van der Waals surface area (Å²) in [5.41, 5.74) is 0.474. The summed E-state index contributed by atoms with van der Waals surface area (Å²) >= 11 is 1.45. The third-order valence-corrected chi connectivity index (χ3v) is 3.78. The van der Waals surface area contributed by atoms with Crippen LogP contribution in [0.3, 0.4) is 0 Å². The van der Waals surface area contributed by atoms with Gasteiger partial charge in [0.15, 0.2) is 10.8 Å². The van der Waals surface area contributed by atoms with E-state index < -0.39 is 0 Å². The van der Waals surface area contributed by atoms with Crippen LogP contribution in [0.4, 0.5) is 4.39 Å². The van der Waals surface area contributed by atoms with Crippen molar-refractivity contribution in [1.82, 2.24) is 20.5 Å². The lowest BCUT2D eigenvalue weighted by Gasteiger charge is -2.05. The van der Waals surface area contributed by atoms with E-state index in [1.165, 1.54) is 17.5 Å². The summed E-state index contributed by atoms with van der Waals surface area (Å²) in [6.45, 7) is 6.38. The van der Waals surface area contributed by atoms with E-state index in [0.29, 0.717) is 16.5 Å². The zero-order valence-corrected chi connectivity index (χ0v) is 12.6. The summed E-state index contributed by atoms with van der Waals surface area (Å²) < 4.78 is 13.6. The fourth-order valence-corrected chi connectivity index (χ4v) is 2.68. The molecule has 0 atom stereocenters. The van der Waals surface area contributed by atoms with Crippen molar-refractivity contribution in [3.63, 3.8) is 0 Å². The number of pyridine rings is 1. The summed E-state index contributed by atoms with van der Waals surface area (Å²) in [6.07, 6.45) is 4.65. The van der Waals surface area contributed by atoms with E-state index in [9.17, 15) is 4.39 Å². The van der Waals surface area contributed by atoms with Gasteiger partial charge in [-0.15, -0.1) is 10.2 Å². The first-order valence-corrected chi connectivity index (χ1v) is 7.61. The normalized spacial score (nSPS) is 11.2. The largest absolute Gasteiger partial charge is 0.316 e. The predicted molar refractivity (Wildman–Crippen MR) is 79.1 cm³/mol. The van der Waals surface area contributed by atoms with Gasteiger partial charge < -0.3 is 5.32 Å². The molecule has 2 rings (SSSR count). The van der Waals surface area contributed by atoms with Gasteiger partial charge in [0.1, 0.15) is 5.01 Å². The second-order valence-corrected chi connectivity index (χ2v) is 6.12. The van der Waals surface area contributed by atoms with Crippen LogP contribution in [0.25, 0.3) is 10.6 Å². The van der Waals surface area contributed by atoms with Crippen LogP contribution in [0.15, 0.2) is 18.5 Å². The summed E-state index contributed by atoms with van der Waals surface area (Å²) in [7, 11) is 0. The Labute approximate surface area is 122 Å². The lowest BCUT2D eigenvalue weighted by Crippen LogP contribution is -2.21. The van der Waals surface area contributed by atoms with Crippen molar-refractivity contribution < 1.29 is 4.39 Å². The van der Waals surface area contributed by atoms with Crippen molar-refractivity contribution in [3.05, 3.63) is 29.3 Å². The van der Waals surface area contributed by atoms with Crippen molar-refractivity contribution in [1.29, 1.82) is 0 Å². The molecule has 1 N–H and O–H groups in total. The van der Waals surface area contributed by atoms with E-state index in [1.807, 2.05) is 0 Å². The molecule has 0 amide bonds. The van der Waals surface area contributed by atoms with Gasteiger partial charge in [0, 0.05) is 12.6 Å². The molecule has 4 nitrogen and oxygen atoms in total. The molecule has 0 radical (unpaired) electrons. The van der Waals surface area contributed by atoms with E-state index in [2.05, 4.69) is 34.3 Å². The molecule has 108 valence electrons. The maximum Gasteiger partial charge on any atom is 0.151 e. The molecule has 0 saturated carbocycles. The molecule has 6 heteroatoms. The molecule has 0 fully saturated rings. The van der Waals surface area contributed by atoms with Crippen molar-refractivity contribution in [3.8, 4) is 10.6 Å². The highest BCUT2D eigenvalue weighted by atomic mass is 32.1. The quantitative estimate of drug-likeness (QED) is 0.798. The van der Waals surface area contributed by atoms with Crippen LogP contribution in [0.1, 0.15) is 25.3 Å². The van der Waals surface area contributed by atoms with Gasteiger partial charge in [-0.1, -0.05) is 25.2 Å². The molecule has 0 saturated heterocycles. The van der Waals surface area contributed by atoms with Gasteiger partial charge in [0.05, 0.1) is 11.8 Å². The lowest BCUT2D eigenvalue weighted by molar-refractivity contribution is 0.542. The van der Waals surface area contributed by atoms with Crippen LogP contribution in [-0.2, 0) is 6.42 Å². The van der Waals surface area contributed by atoms with Gasteiger partial charge in [0.2, 0.25) is 0 Å². The Morgan fingerprint density at radius 1 is 1.35 bits per heavy atom. The smallest absolute Gasteiger partial charge is 0.151 e. The summed E-state index contributed by atoms with van der Waals surface area (Å²) in [5.74, 6) is 0.312. The maximum atomic E-state index is 13.6. The second kappa shape index (κ2) is 7.40. The Morgan fingerprint density at radius 3 is 2.95 bits per heavy atom. The van der Waals surface area contributed by atoms with Gasteiger partial charge in [-0.25, -0.2) is 4.39 Å². The highest BCUT2D eigenvalue weighted by molar-refractivity contribution is 7.14. The highest BCUT2D eigenvalue weighted by Crippen LogP contribution is 2.25. The predicted octanol–water partition coefficient (Wildman–Crippen LogP) is 2.92. The summed E-state index contributed by atoms with van der Waals surface area (Å²) in [6, 6.07) is 1.63. The monoisotopic (exact) mass is 294 g/mol. The molecule has 0 aliphatic carbocycles. The number of hydrogen-bond acceptors (Lipinski definition) is 5. The van der Waals surface area contributed by atoms with E-state index in [0.717, 1.165) is 30.9 Å². The van der Waals surface area contributed by atoms with Crippen LogP contribution in [0, 0.1) is 11.7 Å². The third kappa shape index (κ3) is 4.31. The van der Waals surface area contributed by atoms with Gasteiger partial charge in [-0.3, -0.25) is 4.98 Å². The molecule has 2 aromatic rings. The molecule has 0 aliphatic rings. The minimum absolute atomic E-state index is 0.353. The van der Waals surface area contributed by atoms with E-state index >= 15 is 0 Å². The summed E-state index contributed by atoms with van der Waals surface area (Å²) in [5, 5.41) is 13.1. The summed E-state index contributed by atoms with van der Waals surface area (Å²) in [4.78, 5) is 3.73. The van der Waals surface area contributed by atoms with Crippen LogP contribution in [0.2, 0.25) is 0 Å². The van der Waals surface area contributed by atoms with E-state index in [4.69, 9.17) is 0 Å². The lowest BCUT2D eigenvalue weighted by atomic mass is 10.2. The minimum atomic E-state index is -0.353. The maximum absolute atomic E-state index is 13.6. The first-order valence-electron chi connectivity index (χ1n) is 6.80. The fraction of sp³-hybridized carbons (Fsp3) is 0.500. The topological polar surface area (TPSA) is 50.7 Å². The number of nitrogens with one attached hydrogen (secondary N) is 1. The molecule has 0 spiro atoms. The standard InChI is InChI=1S/C14H19FN4S/c1-10(2)8-16-6-3-4-13-18-19-14(20-13)11-5-7-17-9-12(11)15/h5,7,9-10,16H,3-4,6,8H2,1-2H3.